The predicted molar refractivity (Wildman–Crippen MR) is 51.4 cm³/mol. The average molecular weight is 180 g/mol. The molecule has 0 bridgehead atoms. The molecule has 1 atom stereocenters. The van der Waals surface area contributed by atoms with Crippen LogP contribution in [0.4, 0.5) is 0 Å². The van der Waals surface area contributed by atoms with Crippen LogP contribution in [0, 0.1) is 5.92 Å². The molecule has 0 fully saturated rings. The summed E-state index contributed by atoms with van der Waals surface area (Å²) in [5.74, 6) is 1.21. The number of rotatable bonds is 5. The average Bonchev–Trinajstić information content (AvgIpc) is 2.57. The summed E-state index contributed by atoms with van der Waals surface area (Å²) in [4.78, 5) is 18.5. The summed E-state index contributed by atoms with van der Waals surface area (Å²) in [5.41, 5.74) is 0. The third kappa shape index (κ3) is 3.01. The number of carbonyl (C=O) groups excluding carboxylic acids is 1. The van der Waals surface area contributed by atoms with Gasteiger partial charge in [0, 0.05) is 18.3 Å². The molecule has 0 aromatic carbocycles. The van der Waals surface area contributed by atoms with Crippen molar-refractivity contribution in [2.24, 2.45) is 5.92 Å². The number of aromatic nitrogens is 2. The molecular weight excluding hydrogens is 164 g/mol. The number of nitrogens with zero attached hydrogens (tertiary/aromatic N) is 1. The fraction of sp³-hybridized carbons (Fsp3) is 0.600. The quantitative estimate of drug-likeness (QED) is 0.752. The van der Waals surface area contributed by atoms with Crippen molar-refractivity contribution < 1.29 is 4.79 Å². The van der Waals surface area contributed by atoms with Crippen LogP contribution >= 0.6 is 0 Å². The van der Waals surface area contributed by atoms with Crippen LogP contribution in [0.5, 0.6) is 0 Å². The van der Waals surface area contributed by atoms with Crippen LogP contribution in [0.15, 0.2) is 12.4 Å². The van der Waals surface area contributed by atoms with E-state index in [4.69, 9.17) is 0 Å². The Morgan fingerprint density at radius 3 is 3.00 bits per heavy atom. The largest absolute Gasteiger partial charge is 0.348 e. The second-order valence-corrected chi connectivity index (χ2v) is 3.37. The summed E-state index contributed by atoms with van der Waals surface area (Å²) in [6.45, 7) is 4.07. The minimum atomic E-state index is 0.162. The van der Waals surface area contributed by atoms with Gasteiger partial charge in [-0.25, -0.2) is 4.98 Å². The highest BCUT2D eigenvalue weighted by Crippen LogP contribution is 2.08. The minimum Gasteiger partial charge on any atom is -0.348 e. The molecule has 1 heterocycles. The summed E-state index contributed by atoms with van der Waals surface area (Å²) in [6.07, 6.45) is 5.89. The summed E-state index contributed by atoms with van der Waals surface area (Å²) in [7, 11) is 0. The van der Waals surface area contributed by atoms with Crippen molar-refractivity contribution in [3.05, 3.63) is 18.2 Å². The van der Waals surface area contributed by atoms with Gasteiger partial charge in [0.1, 0.15) is 11.6 Å². The van der Waals surface area contributed by atoms with Gasteiger partial charge in [-0.2, -0.15) is 0 Å². The lowest BCUT2D eigenvalue weighted by Crippen LogP contribution is -2.14. The molecule has 0 spiro atoms. The lowest BCUT2D eigenvalue weighted by molar-refractivity contribution is -0.122. The van der Waals surface area contributed by atoms with E-state index in [2.05, 4.69) is 16.9 Å². The lowest BCUT2D eigenvalue weighted by Gasteiger charge is -2.06. The van der Waals surface area contributed by atoms with Gasteiger partial charge in [-0.15, -0.1) is 0 Å². The van der Waals surface area contributed by atoms with Crippen molar-refractivity contribution in [3.63, 3.8) is 0 Å². The molecule has 1 aromatic rings. The summed E-state index contributed by atoms with van der Waals surface area (Å²) in [5, 5.41) is 0. The molecule has 3 heteroatoms. The maximum atomic E-state index is 11.5. The molecule has 1 rings (SSSR count). The number of Topliss-reactive ketones (excluding diaryl/α,β-unsaturated/α-hetero) is 1. The number of hydrogen-bond donors (Lipinski definition) is 1. The van der Waals surface area contributed by atoms with Gasteiger partial charge in [0.05, 0.1) is 6.42 Å². The zero-order valence-electron chi connectivity index (χ0n) is 8.21. The second kappa shape index (κ2) is 4.80. The fourth-order valence-electron chi connectivity index (χ4n) is 1.33. The first-order valence-corrected chi connectivity index (χ1v) is 4.75. The van der Waals surface area contributed by atoms with Crippen LogP contribution in [0.2, 0.25) is 0 Å². The lowest BCUT2D eigenvalue weighted by atomic mass is 9.99. The summed E-state index contributed by atoms with van der Waals surface area (Å²) >= 11 is 0. The Kier molecular flexibility index (Phi) is 3.68. The molecule has 0 aliphatic rings. The Morgan fingerprint density at radius 2 is 2.46 bits per heavy atom. The normalized spacial score (nSPS) is 12.8. The van der Waals surface area contributed by atoms with Crippen LogP contribution in [-0.2, 0) is 11.2 Å². The van der Waals surface area contributed by atoms with Gasteiger partial charge in [0.15, 0.2) is 0 Å². The Bertz CT molecular complexity index is 254. The fourth-order valence-corrected chi connectivity index (χ4v) is 1.33. The summed E-state index contributed by atoms with van der Waals surface area (Å²) < 4.78 is 0. The highest BCUT2D eigenvalue weighted by Gasteiger charge is 2.12. The second-order valence-electron chi connectivity index (χ2n) is 3.37. The Balaban J connectivity index is 2.41. The molecule has 0 saturated heterocycles. The number of hydrogen-bond acceptors (Lipinski definition) is 2. The van der Waals surface area contributed by atoms with Crippen LogP contribution in [0.1, 0.15) is 32.5 Å². The molecule has 1 unspecified atom stereocenters. The standard InChI is InChI=1S/C10H16N2O/c1-3-4-8(2)9(13)7-10-11-5-6-12-10/h5-6,8H,3-4,7H2,1-2H3,(H,11,12). The van der Waals surface area contributed by atoms with E-state index < -0.39 is 0 Å². The highest BCUT2D eigenvalue weighted by atomic mass is 16.1. The molecule has 0 aliphatic heterocycles. The SMILES string of the molecule is CCCC(C)C(=O)Cc1ncc[nH]1. The Labute approximate surface area is 78.6 Å². The topological polar surface area (TPSA) is 45.8 Å². The molecule has 0 aliphatic carbocycles. The van der Waals surface area contributed by atoms with E-state index >= 15 is 0 Å². The van der Waals surface area contributed by atoms with E-state index in [0.717, 1.165) is 18.7 Å². The highest BCUT2D eigenvalue weighted by molar-refractivity contribution is 5.82. The van der Waals surface area contributed by atoms with E-state index in [1.54, 1.807) is 12.4 Å². The van der Waals surface area contributed by atoms with Crippen LogP contribution in [-0.4, -0.2) is 15.8 Å². The third-order valence-electron chi connectivity index (χ3n) is 2.17. The van der Waals surface area contributed by atoms with Crippen LogP contribution in [0.3, 0.4) is 0 Å². The molecule has 1 aromatic heterocycles. The number of ketones is 1. The zero-order valence-corrected chi connectivity index (χ0v) is 8.21. The maximum absolute atomic E-state index is 11.5. The molecular formula is C10H16N2O. The van der Waals surface area contributed by atoms with Crippen LogP contribution < -0.4 is 0 Å². The Morgan fingerprint density at radius 1 is 1.69 bits per heavy atom. The number of nitrogens with one attached hydrogen (secondary N) is 1. The molecule has 13 heavy (non-hydrogen) atoms. The first-order valence-electron chi connectivity index (χ1n) is 4.75. The van der Waals surface area contributed by atoms with Gasteiger partial charge >= 0.3 is 0 Å². The van der Waals surface area contributed by atoms with Gasteiger partial charge in [-0.05, 0) is 6.42 Å². The number of H-pyrrole nitrogens is 1. The van der Waals surface area contributed by atoms with Crippen LogP contribution in [0.25, 0.3) is 0 Å². The van der Waals surface area contributed by atoms with Gasteiger partial charge < -0.3 is 4.98 Å². The maximum Gasteiger partial charge on any atom is 0.143 e. The number of imidazole rings is 1. The third-order valence-corrected chi connectivity index (χ3v) is 2.17. The van der Waals surface area contributed by atoms with E-state index in [1.807, 2.05) is 6.92 Å². The van der Waals surface area contributed by atoms with Gasteiger partial charge in [-0.3, -0.25) is 4.79 Å². The smallest absolute Gasteiger partial charge is 0.143 e. The van der Waals surface area contributed by atoms with Crippen molar-refractivity contribution in [2.45, 2.75) is 33.1 Å². The molecule has 1 N–H and O–H groups in total. The molecule has 0 saturated carbocycles. The van der Waals surface area contributed by atoms with Gasteiger partial charge in [0.25, 0.3) is 0 Å². The molecule has 0 amide bonds. The molecule has 72 valence electrons. The van der Waals surface area contributed by atoms with E-state index in [9.17, 15) is 4.79 Å². The van der Waals surface area contributed by atoms with E-state index in [-0.39, 0.29) is 11.7 Å². The zero-order chi connectivity index (χ0) is 9.68. The molecule has 0 radical (unpaired) electrons. The molecule has 3 nitrogen and oxygen atoms in total. The Hall–Kier alpha value is -1.12. The first kappa shape index (κ1) is 9.96. The van der Waals surface area contributed by atoms with Gasteiger partial charge in [-0.1, -0.05) is 20.3 Å². The van der Waals surface area contributed by atoms with Crippen molar-refractivity contribution in [1.29, 1.82) is 0 Å². The first-order chi connectivity index (χ1) is 6.24. The predicted octanol–water partition coefficient (Wildman–Crippen LogP) is 1.96. The minimum absolute atomic E-state index is 0.162. The number of aromatic amines is 1. The van der Waals surface area contributed by atoms with Crippen molar-refractivity contribution in [3.8, 4) is 0 Å². The van der Waals surface area contributed by atoms with E-state index in [0.29, 0.717) is 6.42 Å². The summed E-state index contributed by atoms with van der Waals surface area (Å²) in [6, 6.07) is 0. The van der Waals surface area contributed by atoms with E-state index in [1.165, 1.54) is 0 Å². The van der Waals surface area contributed by atoms with Crippen molar-refractivity contribution in [2.75, 3.05) is 0 Å². The monoisotopic (exact) mass is 180 g/mol. The van der Waals surface area contributed by atoms with Crippen molar-refractivity contribution in [1.82, 2.24) is 9.97 Å². The number of carbonyl (C=O) groups is 1. The van der Waals surface area contributed by atoms with Crippen molar-refractivity contribution >= 4 is 5.78 Å². The van der Waals surface area contributed by atoms with Gasteiger partial charge in [0.2, 0.25) is 0 Å².